The quantitative estimate of drug-likeness (QED) is 0.704. The molecule has 0 saturated heterocycles. The zero-order valence-electron chi connectivity index (χ0n) is 5.76. The third-order valence-corrected chi connectivity index (χ3v) is 1.96. The number of anilines is 1. The first-order valence-electron chi connectivity index (χ1n) is 3.02. The topological polar surface area (TPSA) is 38.9 Å². The molecule has 0 aromatic carbocycles. The molecule has 0 unspecified atom stereocenters. The lowest BCUT2D eigenvalue weighted by atomic mass is 10.2. The molecular weight excluding hydrogens is 192 g/mol. The van der Waals surface area contributed by atoms with Crippen molar-refractivity contribution in [2.75, 3.05) is 5.73 Å². The molecule has 3 heteroatoms. The van der Waals surface area contributed by atoms with Gasteiger partial charge in [-0.2, -0.15) is 0 Å². The van der Waals surface area contributed by atoms with Gasteiger partial charge in [0, 0.05) is 11.0 Å². The van der Waals surface area contributed by atoms with Crippen LogP contribution < -0.4 is 5.73 Å². The summed E-state index contributed by atoms with van der Waals surface area (Å²) in [6.45, 7) is 1.95. The van der Waals surface area contributed by atoms with Crippen molar-refractivity contribution in [3.05, 3.63) is 23.4 Å². The van der Waals surface area contributed by atoms with E-state index in [1.165, 1.54) is 5.56 Å². The Morgan fingerprint density at radius 1 is 1.60 bits per heavy atom. The fourth-order valence-electron chi connectivity index (χ4n) is 0.751. The van der Waals surface area contributed by atoms with Crippen LogP contribution in [0.1, 0.15) is 11.3 Å². The minimum Gasteiger partial charge on any atom is -0.384 e. The molecule has 1 rings (SSSR count). The maximum absolute atomic E-state index is 5.46. The third-order valence-electron chi connectivity index (χ3n) is 1.36. The van der Waals surface area contributed by atoms with Crippen LogP contribution in [0.5, 0.6) is 0 Å². The Bertz CT molecular complexity index is 235. The minimum atomic E-state index is 0.585. The fraction of sp³-hybridized carbons (Fsp3) is 0.286. The van der Waals surface area contributed by atoms with Crippen LogP contribution in [-0.4, -0.2) is 4.98 Å². The Balaban J connectivity index is 3.07. The molecule has 0 amide bonds. The van der Waals surface area contributed by atoms with Crippen LogP contribution in [0.2, 0.25) is 0 Å². The number of halogens is 1. The van der Waals surface area contributed by atoms with Gasteiger partial charge >= 0.3 is 0 Å². The highest BCUT2D eigenvalue weighted by Crippen LogP contribution is 2.10. The molecule has 0 spiro atoms. The Morgan fingerprint density at radius 2 is 2.30 bits per heavy atom. The summed E-state index contributed by atoms with van der Waals surface area (Å²) in [6, 6.07) is 3.79. The Morgan fingerprint density at radius 3 is 2.80 bits per heavy atom. The summed E-state index contributed by atoms with van der Waals surface area (Å²) in [5.74, 6) is 0.585. The van der Waals surface area contributed by atoms with E-state index in [0.29, 0.717) is 5.82 Å². The molecule has 0 fully saturated rings. The number of aromatic nitrogens is 1. The molecule has 0 radical (unpaired) electrons. The molecule has 2 nitrogen and oxygen atoms in total. The van der Waals surface area contributed by atoms with E-state index in [4.69, 9.17) is 5.73 Å². The molecule has 1 aromatic heterocycles. The van der Waals surface area contributed by atoms with Crippen LogP contribution in [-0.2, 0) is 5.33 Å². The number of rotatable bonds is 1. The fourth-order valence-corrected chi connectivity index (χ4v) is 1.34. The van der Waals surface area contributed by atoms with Gasteiger partial charge in [-0.1, -0.05) is 22.0 Å². The van der Waals surface area contributed by atoms with Crippen molar-refractivity contribution in [2.45, 2.75) is 12.3 Å². The van der Waals surface area contributed by atoms with Crippen molar-refractivity contribution in [3.63, 3.8) is 0 Å². The van der Waals surface area contributed by atoms with Crippen LogP contribution >= 0.6 is 15.9 Å². The summed E-state index contributed by atoms with van der Waals surface area (Å²) in [6.07, 6.45) is 0. The maximum Gasteiger partial charge on any atom is 0.123 e. The van der Waals surface area contributed by atoms with E-state index in [9.17, 15) is 0 Å². The number of nitrogens with two attached hydrogens (primary N) is 1. The summed E-state index contributed by atoms with van der Waals surface area (Å²) in [5.41, 5.74) is 7.64. The van der Waals surface area contributed by atoms with Gasteiger partial charge in [0.15, 0.2) is 0 Å². The highest BCUT2D eigenvalue weighted by Gasteiger charge is 1.96. The van der Waals surface area contributed by atoms with E-state index in [1.807, 2.05) is 19.1 Å². The van der Waals surface area contributed by atoms with Crippen molar-refractivity contribution >= 4 is 21.7 Å². The van der Waals surface area contributed by atoms with Gasteiger partial charge in [-0.15, -0.1) is 0 Å². The molecule has 0 aliphatic heterocycles. The molecule has 54 valence electrons. The summed E-state index contributed by atoms with van der Waals surface area (Å²) < 4.78 is 0. The van der Waals surface area contributed by atoms with Crippen molar-refractivity contribution in [1.82, 2.24) is 4.98 Å². The number of aryl methyl sites for hydroxylation is 1. The minimum absolute atomic E-state index is 0.585. The predicted octanol–water partition coefficient (Wildman–Crippen LogP) is 1.87. The van der Waals surface area contributed by atoms with Gasteiger partial charge in [-0.3, -0.25) is 0 Å². The highest BCUT2D eigenvalue weighted by atomic mass is 79.9. The molecule has 0 bridgehead atoms. The molecule has 0 aliphatic rings. The smallest absolute Gasteiger partial charge is 0.123 e. The van der Waals surface area contributed by atoms with E-state index < -0.39 is 0 Å². The van der Waals surface area contributed by atoms with E-state index >= 15 is 0 Å². The summed E-state index contributed by atoms with van der Waals surface area (Å²) in [7, 11) is 0. The molecule has 1 heterocycles. The lowest BCUT2D eigenvalue weighted by Crippen LogP contribution is -1.94. The second-order valence-corrected chi connectivity index (χ2v) is 2.68. The zero-order chi connectivity index (χ0) is 7.56. The van der Waals surface area contributed by atoms with Crippen LogP contribution in [0, 0.1) is 6.92 Å². The predicted molar refractivity (Wildman–Crippen MR) is 46.0 cm³/mol. The van der Waals surface area contributed by atoms with E-state index in [1.54, 1.807) is 0 Å². The first kappa shape index (κ1) is 7.54. The SMILES string of the molecule is Cc1nc(N)ccc1CBr. The third kappa shape index (κ3) is 1.48. The van der Waals surface area contributed by atoms with E-state index in [0.717, 1.165) is 11.0 Å². The van der Waals surface area contributed by atoms with Crippen LogP contribution in [0.15, 0.2) is 12.1 Å². The standard InChI is InChI=1S/C7H9BrN2/c1-5-6(4-8)2-3-7(9)10-5/h2-3H,4H2,1H3,(H2,9,10). The van der Waals surface area contributed by atoms with Crippen LogP contribution in [0.4, 0.5) is 5.82 Å². The number of alkyl halides is 1. The number of hydrogen-bond donors (Lipinski definition) is 1. The molecule has 0 aliphatic carbocycles. The first-order chi connectivity index (χ1) is 4.74. The van der Waals surface area contributed by atoms with Gasteiger partial charge in [-0.05, 0) is 18.6 Å². The number of hydrogen-bond acceptors (Lipinski definition) is 2. The second-order valence-electron chi connectivity index (χ2n) is 2.11. The molecule has 2 N–H and O–H groups in total. The van der Waals surface area contributed by atoms with Gasteiger partial charge < -0.3 is 5.73 Å². The average molecular weight is 201 g/mol. The van der Waals surface area contributed by atoms with Gasteiger partial charge in [0.1, 0.15) is 5.82 Å². The monoisotopic (exact) mass is 200 g/mol. The number of nitrogens with zero attached hydrogens (tertiary/aromatic N) is 1. The Kier molecular flexibility index (Phi) is 2.27. The van der Waals surface area contributed by atoms with Gasteiger partial charge in [0.25, 0.3) is 0 Å². The first-order valence-corrected chi connectivity index (χ1v) is 4.14. The molecule has 0 atom stereocenters. The molecule has 1 aromatic rings. The van der Waals surface area contributed by atoms with Crippen LogP contribution in [0.25, 0.3) is 0 Å². The highest BCUT2D eigenvalue weighted by molar-refractivity contribution is 9.08. The van der Waals surface area contributed by atoms with E-state index in [-0.39, 0.29) is 0 Å². The lowest BCUT2D eigenvalue weighted by Gasteiger charge is -2.00. The lowest BCUT2D eigenvalue weighted by molar-refractivity contribution is 1.15. The molecule has 0 saturated carbocycles. The summed E-state index contributed by atoms with van der Waals surface area (Å²) in [4.78, 5) is 4.09. The Labute approximate surface area is 68.6 Å². The number of nitrogen functional groups attached to an aromatic ring is 1. The largest absolute Gasteiger partial charge is 0.384 e. The van der Waals surface area contributed by atoms with Gasteiger partial charge in [0.05, 0.1) is 0 Å². The van der Waals surface area contributed by atoms with Gasteiger partial charge in [-0.25, -0.2) is 4.98 Å². The van der Waals surface area contributed by atoms with E-state index in [2.05, 4.69) is 20.9 Å². The molecule has 10 heavy (non-hydrogen) atoms. The summed E-state index contributed by atoms with van der Waals surface area (Å²) in [5, 5.41) is 0.839. The van der Waals surface area contributed by atoms with Crippen molar-refractivity contribution in [3.8, 4) is 0 Å². The normalized spacial score (nSPS) is 9.80. The van der Waals surface area contributed by atoms with Crippen molar-refractivity contribution in [2.24, 2.45) is 0 Å². The second kappa shape index (κ2) is 3.01. The van der Waals surface area contributed by atoms with Crippen LogP contribution in [0.3, 0.4) is 0 Å². The number of pyridine rings is 1. The zero-order valence-corrected chi connectivity index (χ0v) is 7.35. The Hall–Kier alpha value is -0.570. The summed E-state index contributed by atoms with van der Waals surface area (Å²) >= 11 is 3.35. The molecular formula is C7H9BrN2. The van der Waals surface area contributed by atoms with Crippen molar-refractivity contribution in [1.29, 1.82) is 0 Å². The van der Waals surface area contributed by atoms with Gasteiger partial charge in [0.2, 0.25) is 0 Å². The maximum atomic E-state index is 5.46. The average Bonchev–Trinajstić information content (AvgIpc) is 1.88. The van der Waals surface area contributed by atoms with Crippen molar-refractivity contribution < 1.29 is 0 Å².